The number of halogens is 6. The molecule has 0 spiro atoms. The number of hydrogen-bond donors (Lipinski definition) is 2. The minimum atomic E-state index is -4.83. The molecule has 2 aromatic carbocycles. The summed E-state index contributed by atoms with van der Waals surface area (Å²) in [6, 6.07) is 7.03. The molecule has 0 unspecified atom stereocenters. The number of carbonyl (C=O) groups excluding carboxylic acids is 1. The van der Waals surface area contributed by atoms with E-state index in [-0.39, 0.29) is 16.8 Å². The number of anilines is 1. The van der Waals surface area contributed by atoms with E-state index in [4.69, 9.17) is 0 Å². The number of nitrogens with zero attached hydrogens (tertiary/aromatic N) is 1. The van der Waals surface area contributed by atoms with E-state index in [2.05, 4.69) is 10.4 Å². The molecule has 0 aliphatic heterocycles. The minimum Gasteiger partial charge on any atom is -0.321 e. The van der Waals surface area contributed by atoms with Crippen LogP contribution in [0.2, 0.25) is 0 Å². The summed E-state index contributed by atoms with van der Waals surface area (Å²) in [5.41, 5.74) is -2.14. The maximum atomic E-state index is 13.5. The van der Waals surface area contributed by atoms with Crippen molar-refractivity contribution in [2.45, 2.75) is 6.18 Å². The maximum absolute atomic E-state index is 13.5. The van der Waals surface area contributed by atoms with Crippen molar-refractivity contribution in [1.29, 1.82) is 0 Å². The van der Waals surface area contributed by atoms with Gasteiger partial charge in [-0.25, -0.2) is 13.2 Å². The van der Waals surface area contributed by atoms with E-state index in [1.165, 1.54) is 24.3 Å². The van der Waals surface area contributed by atoms with E-state index >= 15 is 0 Å². The second kappa shape index (κ2) is 6.78. The highest BCUT2D eigenvalue weighted by molar-refractivity contribution is 6.07. The molecule has 10 heteroatoms. The predicted molar refractivity (Wildman–Crippen MR) is 83.3 cm³/mol. The Balaban J connectivity index is 1.99. The first-order chi connectivity index (χ1) is 12.7. The Labute approximate surface area is 147 Å². The Hall–Kier alpha value is -3.30. The summed E-state index contributed by atoms with van der Waals surface area (Å²) >= 11 is 0. The number of aromatic amines is 1. The summed E-state index contributed by atoms with van der Waals surface area (Å²) in [5.74, 6) is -5.68. The minimum absolute atomic E-state index is 0.0257. The first kappa shape index (κ1) is 18.5. The van der Waals surface area contributed by atoms with Crippen molar-refractivity contribution in [2.75, 3.05) is 5.32 Å². The number of rotatable bonds is 3. The highest BCUT2D eigenvalue weighted by atomic mass is 19.4. The van der Waals surface area contributed by atoms with Crippen LogP contribution in [0.25, 0.3) is 11.1 Å². The number of alkyl halides is 3. The molecular formula is C17H9F6N3O. The lowest BCUT2D eigenvalue weighted by Crippen LogP contribution is -2.18. The van der Waals surface area contributed by atoms with Gasteiger partial charge in [-0.1, -0.05) is 18.2 Å². The number of nitrogens with one attached hydrogen (secondary N) is 2. The third-order valence-electron chi connectivity index (χ3n) is 3.64. The van der Waals surface area contributed by atoms with Crippen LogP contribution in [-0.2, 0) is 6.18 Å². The fourth-order valence-corrected chi connectivity index (χ4v) is 2.42. The fourth-order valence-electron chi connectivity index (χ4n) is 2.42. The fraction of sp³-hybridized carbons (Fsp3) is 0.0588. The van der Waals surface area contributed by atoms with Crippen LogP contribution in [0.15, 0.2) is 42.6 Å². The molecule has 1 amide bonds. The summed E-state index contributed by atoms with van der Waals surface area (Å²) in [6.07, 6.45) is -4.12. The van der Waals surface area contributed by atoms with Gasteiger partial charge in [0.1, 0.15) is 0 Å². The SMILES string of the molecule is O=C(Nc1ccccc1-c1cc(F)c(F)c(F)c1)c1cn[nH]c1C(F)(F)F. The zero-order chi connectivity index (χ0) is 19.8. The van der Waals surface area contributed by atoms with Crippen molar-refractivity contribution < 1.29 is 31.1 Å². The average molecular weight is 385 g/mol. The largest absolute Gasteiger partial charge is 0.433 e. The number of carbonyl (C=O) groups is 1. The molecule has 3 rings (SSSR count). The van der Waals surface area contributed by atoms with Crippen LogP contribution in [-0.4, -0.2) is 16.1 Å². The van der Waals surface area contributed by atoms with Crippen molar-refractivity contribution in [1.82, 2.24) is 10.2 Å². The third-order valence-corrected chi connectivity index (χ3v) is 3.64. The number of aromatic nitrogens is 2. The van der Waals surface area contributed by atoms with Crippen LogP contribution in [0.4, 0.5) is 32.0 Å². The van der Waals surface area contributed by atoms with E-state index in [0.717, 1.165) is 0 Å². The summed E-state index contributed by atoms with van der Waals surface area (Å²) in [7, 11) is 0. The van der Waals surface area contributed by atoms with Gasteiger partial charge in [0, 0.05) is 11.3 Å². The molecule has 0 fully saturated rings. The zero-order valence-electron chi connectivity index (χ0n) is 13.2. The number of H-pyrrole nitrogens is 1. The number of amides is 1. The van der Waals surface area contributed by atoms with Crippen LogP contribution in [0, 0.1) is 17.5 Å². The zero-order valence-corrected chi connectivity index (χ0v) is 13.2. The van der Waals surface area contributed by atoms with Crippen LogP contribution < -0.4 is 5.32 Å². The molecule has 4 nitrogen and oxygen atoms in total. The molecule has 3 aromatic rings. The summed E-state index contributed by atoms with van der Waals surface area (Å²) in [4.78, 5) is 12.2. The van der Waals surface area contributed by atoms with Crippen molar-refractivity contribution in [3.63, 3.8) is 0 Å². The monoisotopic (exact) mass is 385 g/mol. The van der Waals surface area contributed by atoms with Gasteiger partial charge in [-0.3, -0.25) is 9.89 Å². The Morgan fingerprint density at radius 1 is 1.04 bits per heavy atom. The molecule has 1 aromatic heterocycles. The predicted octanol–water partition coefficient (Wildman–Crippen LogP) is 4.77. The van der Waals surface area contributed by atoms with Gasteiger partial charge >= 0.3 is 6.18 Å². The van der Waals surface area contributed by atoms with E-state index in [1.54, 1.807) is 5.10 Å². The average Bonchev–Trinajstić information content (AvgIpc) is 3.10. The second-order valence-corrected chi connectivity index (χ2v) is 5.41. The molecule has 0 atom stereocenters. The molecule has 140 valence electrons. The number of benzene rings is 2. The molecule has 0 aliphatic rings. The lowest BCUT2D eigenvalue weighted by molar-refractivity contribution is -0.141. The van der Waals surface area contributed by atoms with E-state index < -0.39 is 40.8 Å². The topological polar surface area (TPSA) is 57.8 Å². The molecule has 0 bridgehead atoms. The highest BCUT2D eigenvalue weighted by Crippen LogP contribution is 2.33. The lowest BCUT2D eigenvalue weighted by atomic mass is 10.0. The van der Waals surface area contributed by atoms with Gasteiger partial charge in [-0.2, -0.15) is 18.3 Å². The summed E-state index contributed by atoms with van der Waals surface area (Å²) in [6.45, 7) is 0. The third kappa shape index (κ3) is 3.64. The molecule has 0 aliphatic carbocycles. The Morgan fingerprint density at radius 2 is 1.67 bits per heavy atom. The number of para-hydroxylation sites is 1. The smallest absolute Gasteiger partial charge is 0.321 e. The van der Waals surface area contributed by atoms with Gasteiger partial charge in [0.2, 0.25) is 0 Å². The molecular weight excluding hydrogens is 376 g/mol. The van der Waals surface area contributed by atoms with Crippen molar-refractivity contribution >= 4 is 11.6 Å². The Morgan fingerprint density at radius 3 is 2.30 bits per heavy atom. The normalized spacial score (nSPS) is 11.5. The van der Waals surface area contributed by atoms with Crippen LogP contribution in [0.1, 0.15) is 16.1 Å². The Kier molecular flexibility index (Phi) is 4.64. The number of hydrogen-bond acceptors (Lipinski definition) is 2. The molecule has 0 saturated heterocycles. The van der Waals surface area contributed by atoms with Crippen LogP contribution in [0.3, 0.4) is 0 Å². The van der Waals surface area contributed by atoms with E-state index in [0.29, 0.717) is 18.3 Å². The van der Waals surface area contributed by atoms with Gasteiger partial charge in [0.05, 0.1) is 11.8 Å². The van der Waals surface area contributed by atoms with E-state index in [9.17, 15) is 31.1 Å². The highest BCUT2D eigenvalue weighted by Gasteiger charge is 2.37. The Bertz CT molecular complexity index is 989. The van der Waals surface area contributed by atoms with Crippen LogP contribution >= 0.6 is 0 Å². The van der Waals surface area contributed by atoms with E-state index in [1.807, 2.05) is 0 Å². The first-order valence-electron chi connectivity index (χ1n) is 7.34. The second-order valence-electron chi connectivity index (χ2n) is 5.41. The molecule has 2 N–H and O–H groups in total. The van der Waals surface area contributed by atoms with Crippen molar-refractivity contribution in [3.05, 3.63) is 71.3 Å². The van der Waals surface area contributed by atoms with Crippen LogP contribution in [0.5, 0.6) is 0 Å². The van der Waals surface area contributed by atoms with Crippen molar-refractivity contribution in [3.8, 4) is 11.1 Å². The molecule has 0 radical (unpaired) electrons. The van der Waals surface area contributed by atoms with Gasteiger partial charge in [0.15, 0.2) is 23.1 Å². The maximum Gasteiger partial charge on any atom is 0.433 e. The van der Waals surface area contributed by atoms with Gasteiger partial charge in [-0.05, 0) is 23.8 Å². The van der Waals surface area contributed by atoms with Gasteiger partial charge in [0.25, 0.3) is 5.91 Å². The first-order valence-corrected chi connectivity index (χ1v) is 7.34. The lowest BCUT2D eigenvalue weighted by Gasteiger charge is -2.12. The van der Waals surface area contributed by atoms with Gasteiger partial charge < -0.3 is 5.32 Å². The molecule has 27 heavy (non-hydrogen) atoms. The quantitative estimate of drug-likeness (QED) is 0.504. The summed E-state index contributed by atoms with van der Waals surface area (Å²) < 4.78 is 78.8. The molecule has 0 saturated carbocycles. The standard InChI is InChI=1S/C17H9F6N3O/c18-11-5-8(6-12(19)14(11)20)9-3-1-2-4-13(9)25-16(27)10-7-24-26-15(10)17(21,22)23/h1-7H,(H,24,26)(H,25,27). The summed E-state index contributed by atoms with van der Waals surface area (Å²) in [5, 5.41) is 7.16. The molecule has 1 heterocycles. The van der Waals surface area contributed by atoms with Gasteiger partial charge in [-0.15, -0.1) is 0 Å². The van der Waals surface area contributed by atoms with Crippen molar-refractivity contribution in [2.24, 2.45) is 0 Å².